The molecule has 0 saturated carbocycles. The highest BCUT2D eigenvalue weighted by Crippen LogP contribution is 2.43. The minimum Gasteiger partial charge on any atom is -0.496 e. The maximum absolute atomic E-state index is 13.7. The van der Waals surface area contributed by atoms with Gasteiger partial charge in [0.05, 0.1) is 23.4 Å². The largest absolute Gasteiger partial charge is 0.496 e. The van der Waals surface area contributed by atoms with Crippen LogP contribution in [-0.2, 0) is 6.42 Å². The van der Waals surface area contributed by atoms with Crippen molar-refractivity contribution in [2.45, 2.75) is 25.8 Å². The third kappa shape index (κ3) is 3.21. The first-order valence-corrected chi connectivity index (χ1v) is 11.8. The van der Waals surface area contributed by atoms with Crippen LogP contribution in [-0.4, -0.2) is 11.7 Å². The molecule has 0 spiro atoms. The summed E-state index contributed by atoms with van der Waals surface area (Å²) < 4.78 is 13.9. The first-order valence-electron chi connectivity index (χ1n) is 11.0. The van der Waals surface area contributed by atoms with Crippen LogP contribution >= 0.6 is 11.3 Å². The number of nitrogens with zero attached hydrogens (tertiary/aromatic N) is 2. The SMILES string of the molecule is COc1ccccc1C1C2=C(N=c3sc(=Cc4ccc(C)o4)c(=O)n31)c1ccccc1CC2. The minimum absolute atomic E-state index is 0.0610. The van der Waals surface area contributed by atoms with Gasteiger partial charge in [0.2, 0.25) is 0 Å². The van der Waals surface area contributed by atoms with Crippen LogP contribution in [0, 0.1) is 6.92 Å². The highest BCUT2D eigenvalue weighted by Gasteiger charge is 2.33. The summed E-state index contributed by atoms with van der Waals surface area (Å²) in [4.78, 5) is 19.4. The Morgan fingerprint density at radius 3 is 2.73 bits per heavy atom. The van der Waals surface area contributed by atoms with Gasteiger partial charge in [-0.3, -0.25) is 9.36 Å². The molecule has 33 heavy (non-hydrogen) atoms. The van der Waals surface area contributed by atoms with Gasteiger partial charge in [-0.1, -0.05) is 53.8 Å². The molecule has 1 unspecified atom stereocenters. The van der Waals surface area contributed by atoms with Gasteiger partial charge in [-0.2, -0.15) is 0 Å². The van der Waals surface area contributed by atoms with Gasteiger partial charge in [0.1, 0.15) is 17.3 Å². The van der Waals surface area contributed by atoms with Gasteiger partial charge < -0.3 is 9.15 Å². The second-order valence-electron chi connectivity index (χ2n) is 8.30. The minimum atomic E-state index is -0.263. The second-order valence-corrected chi connectivity index (χ2v) is 9.31. The van der Waals surface area contributed by atoms with Gasteiger partial charge in [-0.05, 0) is 49.1 Å². The quantitative estimate of drug-likeness (QED) is 0.466. The van der Waals surface area contributed by atoms with E-state index >= 15 is 0 Å². The Kier molecular flexibility index (Phi) is 4.69. The van der Waals surface area contributed by atoms with E-state index in [1.54, 1.807) is 7.11 Å². The molecular formula is C27H22N2O3S. The van der Waals surface area contributed by atoms with Crippen molar-refractivity contribution in [1.29, 1.82) is 0 Å². The van der Waals surface area contributed by atoms with Crippen molar-refractivity contribution in [2.24, 2.45) is 4.99 Å². The predicted octanol–water partition coefficient (Wildman–Crippen LogP) is 4.23. The maximum Gasteiger partial charge on any atom is 0.271 e. The lowest BCUT2D eigenvalue weighted by atomic mass is 9.83. The summed E-state index contributed by atoms with van der Waals surface area (Å²) in [6, 6.07) is 19.9. The molecule has 0 amide bonds. The number of hydrogen-bond acceptors (Lipinski definition) is 5. The van der Waals surface area contributed by atoms with E-state index in [0.717, 1.165) is 46.7 Å². The fourth-order valence-corrected chi connectivity index (χ4v) is 5.83. The molecule has 1 aliphatic heterocycles. The Morgan fingerprint density at radius 1 is 1.09 bits per heavy atom. The average Bonchev–Trinajstić information content (AvgIpc) is 3.40. The van der Waals surface area contributed by atoms with Crippen LogP contribution in [0.15, 0.2) is 80.4 Å². The van der Waals surface area contributed by atoms with Gasteiger partial charge >= 0.3 is 0 Å². The lowest BCUT2D eigenvalue weighted by Gasteiger charge is -2.31. The first kappa shape index (κ1) is 20.0. The summed E-state index contributed by atoms with van der Waals surface area (Å²) in [5, 5.41) is 0. The number of hydrogen-bond donors (Lipinski definition) is 0. The summed E-state index contributed by atoms with van der Waals surface area (Å²) >= 11 is 1.40. The number of ether oxygens (including phenoxy) is 1. The van der Waals surface area contributed by atoms with Crippen molar-refractivity contribution >= 4 is 23.1 Å². The number of para-hydroxylation sites is 1. The summed E-state index contributed by atoms with van der Waals surface area (Å²) in [6.45, 7) is 1.89. The van der Waals surface area contributed by atoms with Gasteiger partial charge in [-0.25, -0.2) is 4.99 Å². The zero-order valence-corrected chi connectivity index (χ0v) is 19.2. The van der Waals surface area contributed by atoms with E-state index in [4.69, 9.17) is 14.1 Å². The molecule has 0 radical (unpaired) electrons. The normalized spacial score (nSPS) is 17.3. The predicted molar refractivity (Wildman–Crippen MR) is 129 cm³/mol. The van der Waals surface area contributed by atoms with Crippen molar-refractivity contribution in [3.05, 3.63) is 114 Å². The summed E-state index contributed by atoms with van der Waals surface area (Å²) in [6.07, 6.45) is 3.58. The number of aryl methyl sites for hydroxylation is 2. The Morgan fingerprint density at radius 2 is 1.91 bits per heavy atom. The van der Waals surface area contributed by atoms with E-state index < -0.39 is 0 Å². The Hall–Kier alpha value is -3.64. The zero-order chi connectivity index (χ0) is 22.5. The molecule has 1 aliphatic carbocycles. The zero-order valence-electron chi connectivity index (χ0n) is 18.4. The molecule has 0 fully saturated rings. The van der Waals surface area contributed by atoms with Crippen LogP contribution in [0.25, 0.3) is 11.8 Å². The van der Waals surface area contributed by atoms with E-state index in [0.29, 0.717) is 15.1 Å². The molecule has 6 heteroatoms. The molecule has 4 aromatic rings. The molecule has 0 bridgehead atoms. The number of thiazole rings is 1. The molecule has 3 heterocycles. The van der Waals surface area contributed by atoms with E-state index in [1.165, 1.54) is 16.9 Å². The molecule has 1 atom stereocenters. The Labute approximate surface area is 194 Å². The van der Waals surface area contributed by atoms with E-state index in [2.05, 4.69) is 24.3 Å². The molecule has 0 saturated heterocycles. The van der Waals surface area contributed by atoms with Gasteiger partial charge in [0, 0.05) is 17.2 Å². The van der Waals surface area contributed by atoms with Crippen molar-refractivity contribution < 1.29 is 9.15 Å². The number of methoxy groups -OCH3 is 1. The van der Waals surface area contributed by atoms with E-state index in [-0.39, 0.29) is 11.6 Å². The van der Waals surface area contributed by atoms with Crippen molar-refractivity contribution in [2.75, 3.05) is 7.11 Å². The van der Waals surface area contributed by atoms with E-state index in [9.17, 15) is 4.79 Å². The van der Waals surface area contributed by atoms with E-state index in [1.807, 2.05) is 54.0 Å². The lowest BCUT2D eigenvalue weighted by molar-refractivity contribution is 0.402. The number of aromatic nitrogens is 1. The smallest absolute Gasteiger partial charge is 0.271 e. The van der Waals surface area contributed by atoms with Gasteiger partial charge in [-0.15, -0.1) is 0 Å². The molecular weight excluding hydrogens is 432 g/mol. The number of rotatable bonds is 3. The molecule has 2 aromatic carbocycles. The third-order valence-corrected chi connectivity index (χ3v) is 7.32. The highest BCUT2D eigenvalue weighted by atomic mass is 32.1. The van der Waals surface area contributed by atoms with Crippen molar-refractivity contribution in [3.63, 3.8) is 0 Å². The van der Waals surface area contributed by atoms with Crippen LogP contribution in [0.2, 0.25) is 0 Å². The fourth-order valence-electron chi connectivity index (χ4n) is 4.85. The topological polar surface area (TPSA) is 56.7 Å². The lowest BCUT2D eigenvalue weighted by Crippen LogP contribution is -2.38. The number of benzene rings is 2. The molecule has 0 N–H and O–H groups in total. The molecule has 5 nitrogen and oxygen atoms in total. The van der Waals surface area contributed by atoms with Crippen molar-refractivity contribution in [1.82, 2.24) is 4.57 Å². The van der Waals surface area contributed by atoms with Crippen LogP contribution in [0.4, 0.5) is 0 Å². The van der Waals surface area contributed by atoms with Crippen LogP contribution < -0.4 is 19.6 Å². The maximum atomic E-state index is 13.7. The fraction of sp³-hybridized carbons (Fsp3) is 0.185. The molecule has 2 aliphatic rings. The number of furan rings is 1. The summed E-state index contributed by atoms with van der Waals surface area (Å²) in [5.74, 6) is 2.25. The number of fused-ring (bicyclic) bond motifs is 3. The molecule has 164 valence electrons. The average molecular weight is 455 g/mol. The molecule has 6 rings (SSSR count). The van der Waals surface area contributed by atoms with Gasteiger partial charge in [0.15, 0.2) is 4.80 Å². The van der Waals surface area contributed by atoms with Crippen molar-refractivity contribution in [3.8, 4) is 5.75 Å². The van der Waals surface area contributed by atoms with Crippen LogP contribution in [0.5, 0.6) is 5.75 Å². The standard InChI is InChI=1S/C27H22N2O3S/c1-16-11-13-18(32-16)15-23-26(30)29-25(20-9-5-6-10-22(20)31-2)21-14-12-17-7-3-4-8-19(17)24(21)28-27(29)33-23/h3-11,13,15,25H,12,14H2,1-2H3. The summed E-state index contributed by atoms with van der Waals surface area (Å²) in [5.41, 5.74) is 5.50. The Balaban J connectivity index is 1.66. The number of allylic oxidation sites excluding steroid dienone is 1. The second kappa shape index (κ2) is 7.74. The van der Waals surface area contributed by atoms with Gasteiger partial charge in [0.25, 0.3) is 5.56 Å². The monoisotopic (exact) mass is 454 g/mol. The van der Waals surface area contributed by atoms with Crippen LogP contribution in [0.3, 0.4) is 0 Å². The third-order valence-electron chi connectivity index (χ3n) is 6.34. The van der Waals surface area contributed by atoms with Crippen LogP contribution in [0.1, 0.15) is 40.7 Å². The first-order chi connectivity index (χ1) is 16.1. The Bertz CT molecular complexity index is 1600. The molecule has 2 aromatic heterocycles. The summed E-state index contributed by atoms with van der Waals surface area (Å²) in [7, 11) is 1.67. The highest BCUT2D eigenvalue weighted by molar-refractivity contribution is 7.07.